The van der Waals surface area contributed by atoms with E-state index in [0.717, 1.165) is 30.8 Å². The van der Waals surface area contributed by atoms with E-state index >= 15 is 0 Å². The van der Waals surface area contributed by atoms with Crippen molar-refractivity contribution < 1.29 is 13.5 Å². The molecule has 0 aromatic heterocycles. The fourth-order valence-corrected chi connectivity index (χ4v) is 2.11. The third-order valence-corrected chi connectivity index (χ3v) is 3.37. The van der Waals surface area contributed by atoms with Crippen molar-refractivity contribution in [2.24, 2.45) is 0 Å². The summed E-state index contributed by atoms with van der Waals surface area (Å²) in [7, 11) is 0. The molecular formula is C15H21F2NO. The summed E-state index contributed by atoms with van der Waals surface area (Å²) >= 11 is 0. The van der Waals surface area contributed by atoms with E-state index < -0.39 is 5.92 Å². The van der Waals surface area contributed by atoms with Crippen LogP contribution in [0.3, 0.4) is 0 Å². The molecule has 2 rings (SSSR count). The van der Waals surface area contributed by atoms with Gasteiger partial charge in [-0.15, -0.1) is 0 Å². The van der Waals surface area contributed by atoms with Crippen molar-refractivity contribution in [2.45, 2.75) is 51.1 Å². The van der Waals surface area contributed by atoms with E-state index in [1.54, 1.807) is 0 Å². The van der Waals surface area contributed by atoms with E-state index in [0.29, 0.717) is 6.54 Å². The minimum atomic E-state index is -2.45. The van der Waals surface area contributed by atoms with Gasteiger partial charge in [-0.25, -0.2) is 8.78 Å². The maximum absolute atomic E-state index is 12.7. The molecule has 106 valence electrons. The Morgan fingerprint density at radius 2 is 1.95 bits per heavy atom. The molecule has 1 saturated carbocycles. The molecule has 0 atom stereocenters. The van der Waals surface area contributed by atoms with Gasteiger partial charge in [0.2, 0.25) is 0 Å². The number of unbranched alkanes of at least 4 members (excludes halogenated alkanes) is 1. The second-order valence-corrected chi connectivity index (χ2v) is 5.19. The SMILES string of the molecule is CCCCOc1ccc(CNC2CC(F)(F)C2)cc1. The Morgan fingerprint density at radius 1 is 1.26 bits per heavy atom. The summed E-state index contributed by atoms with van der Waals surface area (Å²) in [6, 6.07) is 7.77. The summed E-state index contributed by atoms with van der Waals surface area (Å²) < 4.78 is 30.9. The molecule has 0 bridgehead atoms. The van der Waals surface area contributed by atoms with Crippen molar-refractivity contribution in [2.75, 3.05) is 6.61 Å². The van der Waals surface area contributed by atoms with Crippen LogP contribution in [-0.2, 0) is 6.54 Å². The molecule has 0 radical (unpaired) electrons. The van der Waals surface area contributed by atoms with Gasteiger partial charge in [0, 0.05) is 25.4 Å². The second-order valence-electron chi connectivity index (χ2n) is 5.19. The Hall–Kier alpha value is -1.16. The molecule has 1 aliphatic carbocycles. The Bertz CT molecular complexity index is 384. The normalized spacial score (nSPS) is 18.1. The summed E-state index contributed by atoms with van der Waals surface area (Å²) in [6.45, 7) is 3.50. The minimum Gasteiger partial charge on any atom is -0.494 e. The zero-order valence-electron chi connectivity index (χ0n) is 11.3. The van der Waals surface area contributed by atoms with E-state index in [-0.39, 0.29) is 18.9 Å². The van der Waals surface area contributed by atoms with E-state index in [9.17, 15) is 8.78 Å². The average molecular weight is 269 g/mol. The molecule has 2 nitrogen and oxygen atoms in total. The molecule has 0 unspecified atom stereocenters. The summed E-state index contributed by atoms with van der Waals surface area (Å²) in [6.07, 6.45) is 2.10. The minimum absolute atomic E-state index is 0.0365. The molecule has 1 aromatic rings. The number of alkyl halides is 2. The van der Waals surface area contributed by atoms with E-state index in [1.807, 2.05) is 24.3 Å². The van der Waals surface area contributed by atoms with E-state index in [2.05, 4.69) is 12.2 Å². The Kier molecular flexibility index (Phi) is 4.75. The topological polar surface area (TPSA) is 21.3 Å². The molecule has 0 saturated heterocycles. The zero-order chi connectivity index (χ0) is 13.7. The van der Waals surface area contributed by atoms with Gasteiger partial charge < -0.3 is 10.1 Å². The lowest BCUT2D eigenvalue weighted by Gasteiger charge is -2.35. The Labute approximate surface area is 113 Å². The lowest BCUT2D eigenvalue weighted by atomic mass is 9.88. The average Bonchev–Trinajstić information content (AvgIpc) is 2.35. The first-order valence-corrected chi connectivity index (χ1v) is 6.92. The Morgan fingerprint density at radius 3 is 2.53 bits per heavy atom. The van der Waals surface area contributed by atoms with Crippen LogP contribution in [-0.4, -0.2) is 18.6 Å². The van der Waals surface area contributed by atoms with Crippen molar-refractivity contribution in [3.63, 3.8) is 0 Å². The molecule has 1 fully saturated rings. The number of hydrogen-bond acceptors (Lipinski definition) is 2. The predicted molar refractivity (Wildman–Crippen MR) is 71.7 cm³/mol. The van der Waals surface area contributed by atoms with Crippen LogP contribution in [0.4, 0.5) is 8.78 Å². The first-order chi connectivity index (χ1) is 9.09. The number of hydrogen-bond donors (Lipinski definition) is 1. The molecular weight excluding hydrogens is 248 g/mol. The van der Waals surface area contributed by atoms with Crippen LogP contribution in [0.25, 0.3) is 0 Å². The second kappa shape index (κ2) is 6.33. The van der Waals surface area contributed by atoms with Gasteiger partial charge in [0.15, 0.2) is 0 Å². The smallest absolute Gasteiger partial charge is 0.251 e. The summed E-state index contributed by atoms with van der Waals surface area (Å²) in [5.41, 5.74) is 1.10. The van der Waals surface area contributed by atoms with Gasteiger partial charge in [0.1, 0.15) is 5.75 Å². The highest BCUT2D eigenvalue weighted by Gasteiger charge is 2.44. The number of rotatable bonds is 7. The molecule has 19 heavy (non-hydrogen) atoms. The van der Waals surface area contributed by atoms with Gasteiger partial charge in [0.05, 0.1) is 6.61 Å². The van der Waals surface area contributed by atoms with Gasteiger partial charge in [-0.2, -0.15) is 0 Å². The fourth-order valence-electron chi connectivity index (χ4n) is 2.11. The largest absolute Gasteiger partial charge is 0.494 e. The van der Waals surface area contributed by atoms with Crippen LogP contribution in [0.15, 0.2) is 24.3 Å². The number of ether oxygens (including phenoxy) is 1. The first kappa shape index (κ1) is 14.3. The van der Waals surface area contributed by atoms with E-state index in [4.69, 9.17) is 4.74 Å². The van der Waals surface area contributed by atoms with Crippen molar-refractivity contribution >= 4 is 0 Å². The fraction of sp³-hybridized carbons (Fsp3) is 0.600. The van der Waals surface area contributed by atoms with Crippen molar-refractivity contribution in [3.05, 3.63) is 29.8 Å². The number of halogens is 2. The number of benzene rings is 1. The Balaban J connectivity index is 1.70. The molecule has 0 heterocycles. The van der Waals surface area contributed by atoms with Crippen LogP contribution >= 0.6 is 0 Å². The maximum Gasteiger partial charge on any atom is 0.251 e. The lowest BCUT2D eigenvalue weighted by Crippen LogP contribution is -2.48. The van der Waals surface area contributed by atoms with Gasteiger partial charge >= 0.3 is 0 Å². The molecule has 4 heteroatoms. The van der Waals surface area contributed by atoms with Gasteiger partial charge in [0.25, 0.3) is 5.92 Å². The quantitative estimate of drug-likeness (QED) is 0.761. The summed E-state index contributed by atoms with van der Waals surface area (Å²) in [5.74, 6) is -1.58. The highest BCUT2D eigenvalue weighted by Crippen LogP contribution is 2.37. The van der Waals surface area contributed by atoms with Crippen molar-refractivity contribution in [1.29, 1.82) is 0 Å². The van der Waals surface area contributed by atoms with Gasteiger partial charge in [-0.3, -0.25) is 0 Å². The van der Waals surface area contributed by atoms with Crippen LogP contribution in [0.5, 0.6) is 5.75 Å². The lowest BCUT2D eigenvalue weighted by molar-refractivity contribution is -0.0930. The maximum atomic E-state index is 12.7. The third kappa shape index (κ3) is 4.46. The molecule has 0 spiro atoms. The van der Waals surface area contributed by atoms with E-state index in [1.165, 1.54) is 0 Å². The van der Waals surface area contributed by atoms with Gasteiger partial charge in [-0.05, 0) is 24.1 Å². The van der Waals surface area contributed by atoms with Crippen LogP contribution in [0.2, 0.25) is 0 Å². The van der Waals surface area contributed by atoms with Crippen LogP contribution in [0, 0.1) is 0 Å². The monoisotopic (exact) mass is 269 g/mol. The highest BCUT2D eigenvalue weighted by atomic mass is 19.3. The standard InChI is InChI=1S/C15H21F2NO/c1-2-3-8-19-14-6-4-12(5-7-14)11-18-13-9-15(16,17)10-13/h4-7,13,18H,2-3,8-11H2,1H3. The zero-order valence-corrected chi connectivity index (χ0v) is 11.3. The summed E-state index contributed by atoms with van der Waals surface area (Å²) in [4.78, 5) is 0. The molecule has 0 amide bonds. The van der Waals surface area contributed by atoms with Gasteiger partial charge in [-0.1, -0.05) is 25.5 Å². The molecule has 1 aliphatic rings. The molecule has 0 aliphatic heterocycles. The van der Waals surface area contributed by atoms with Crippen molar-refractivity contribution in [1.82, 2.24) is 5.32 Å². The molecule has 1 N–H and O–H groups in total. The molecule has 1 aromatic carbocycles. The predicted octanol–water partition coefficient (Wildman–Crippen LogP) is 3.75. The highest BCUT2D eigenvalue weighted by molar-refractivity contribution is 5.27. The summed E-state index contributed by atoms with van der Waals surface area (Å²) in [5, 5.41) is 3.14. The van der Waals surface area contributed by atoms with Crippen LogP contribution < -0.4 is 10.1 Å². The first-order valence-electron chi connectivity index (χ1n) is 6.92. The number of nitrogens with one attached hydrogen (secondary N) is 1. The third-order valence-electron chi connectivity index (χ3n) is 3.37. The van der Waals surface area contributed by atoms with Crippen LogP contribution in [0.1, 0.15) is 38.2 Å². The van der Waals surface area contributed by atoms with Crippen molar-refractivity contribution in [3.8, 4) is 5.75 Å².